The summed E-state index contributed by atoms with van der Waals surface area (Å²) in [7, 11) is 0. The molecule has 6 heteroatoms. The van der Waals surface area contributed by atoms with Gasteiger partial charge in [0.1, 0.15) is 24.5 Å². The molecular formula is C30H31N3O2S. The van der Waals surface area contributed by atoms with Crippen LogP contribution in [0.3, 0.4) is 0 Å². The van der Waals surface area contributed by atoms with Gasteiger partial charge in [0.15, 0.2) is 0 Å². The molecule has 0 aliphatic heterocycles. The number of benzene rings is 2. The van der Waals surface area contributed by atoms with E-state index in [1.54, 1.807) is 29.7 Å². The van der Waals surface area contributed by atoms with E-state index in [1.807, 2.05) is 41.8 Å². The van der Waals surface area contributed by atoms with Gasteiger partial charge in [-0.1, -0.05) is 42.5 Å². The van der Waals surface area contributed by atoms with Gasteiger partial charge in [0, 0.05) is 35.1 Å². The summed E-state index contributed by atoms with van der Waals surface area (Å²) in [5.74, 6) is 0.780. The van der Waals surface area contributed by atoms with Gasteiger partial charge in [-0.3, -0.25) is 4.98 Å². The number of β-amino-alcohol motifs (C(OH)–C–C–N with tert-alkyl or cyclic N) is 1. The van der Waals surface area contributed by atoms with Crippen LogP contribution in [0.4, 0.5) is 0 Å². The molecule has 4 aromatic rings. The Balaban J connectivity index is 1.31. The number of pyridine rings is 1. The summed E-state index contributed by atoms with van der Waals surface area (Å²) in [5, 5.41) is 25.5. The lowest BCUT2D eigenvalue weighted by Gasteiger charge is -2.28. The molecule has 0 fully saturated rings. The van der Waals surface area contributed by atoms with Gasteiger partial charge < -0.3 is 15.2 Å². The molecule has 184 valence electrons. The van der Waals surface area contributed by atoms with E-state index in [9.17, 15) is 10.4 Å². The van der Waals surface area contributed by atoms with Gasteiger partial charge in [0.25, 0.3) is 0 Å². The second kappa shape index (κ2) is 12.0. The highest BCUT2D eigenvalue weighted by Gasteiger charge is 2.20. The number of nitrogens with one attached hydrogen (secondary N) is 1. The SMILES string of the molecule is CC(C)(Cc1cccc(Cc2ncccc2C#N)c1)NCC(O)COc1ccccc1-c1cccs1. The van der Waals surface area contributed by atoms with E-state index in [4.69, 9.17) is 4.74 Å². The van der Waals surface area contributed by atoms with E-state index in [1.165, 1.54) is 5.56 Å². The zero-order chi connectivity index (χ0) is 25.4. The minimum absolute atomic E-state index is 0.215. The number of rotatable bonds is 11. The summed E-state index contributed by atoms with van der Waals surface area (Å²) in [5.41, 5.74) is 4.53. The maximum atomic E-state index is 10.6. The molecule has 5 nitrogen and oxygen atoms in total. The average molecular weight is 498 g/mol. The maximum absolute atomic E-state index is 10.6. The predicted octanol–water partition coefficient (Wildman–Crippen LogP) is 5.62. The molecule has 0 amide bonds. The minimum atomic E-state index is -0.638. The number of nitrogens with zero attached hydrogens (tertiary/aromatic N) is 2. The molecule has 0 saturated carbocycles. The summed E-state index contributed by atoms with van der Waals surface area (Å²) in [4.78, 5) is 5.53. The molecular weight excluding hydrogens is 466 g/mol. The normalized spacial score (nSPS) is 12.2. The Morgan fingerprint density at radius 2 is 1.89 bits per heavy atom. The molecule has 1 unspecified atom stereocenters. The zero-order valence-electron chi connectivity index (χ0n) is 20.6. The second-order valence-electron chi connectivity index (χ2n) is 9.49. The second-order valence-corrected chi connectivity index (χ2v) is 10.4. The van der Waals surface area contributed by atoms with Crippen molar-refractivity contribution in [2.45, 2.75) is 38.3 Å². The molecule has 1 atom stereocenters. The van der Waals surface area contributed by atoms with E-state index in [-0.39, 0.29) is 12.1 Å². The predicted molar refractivity (Wildman–Crippen MR) is 145 cm³/mol. The van der Waals surface area contributed by atoms with Crippen LogP contribution in [0.1, 0.15) is 36.2 Å². The first-order valence-corrected chi connectivity index (χ1v) is 12.9. The van der Waals surface area contributed by atoms with Gasteiger partial charge in [-0.2, -0.15) is 5.26 Å². The number of aliphatic hydroxyl groups is 1. The molecule has 0 aliphatic carbocycles. The molecule has 36 heavy (non-hydrogen) atoms. The third-order valence-corrected chi connectivity index (χ3v) is 6.84. The van der Waals surface area contributed by atoms with Crippen LogP contribution in [-0.4, -0.2) is 34.9 Å². The highest BCUT2D eigenvalue weighted by Crippen LogP contribution is 2.33. The monoisotopic (exact) mass is 497 g/mol. The van der Waals surface area contributed by atoms with Crippen LogP contribution in [0.25, 0.3) is 10.4 Å². The van der Waals surface area contributed by atoms with Crippen molar-refractivity contribution in [3.05, 3.63) is 107 Å². The molecule has 0 bridgehead atoms. The Morgan fingerprint density at radius 1 is 1.06 bits per heavy atom. The Kier molecular flexibility index (Phi) is 8.50. The van der Waals surface area contributed by atoms with Gasteiger partial charge in [0.05, 0.1) is 11.3 Å². The van der Waals surface area contributed by atoms with Crippen molar-refractivity contribution in [1.82, 2.24) is 10.3 Å². The molecule has 0 aliphatic rings. The fourth-order valence-electron chi connectivity index (χ4n) is 4.16. The summed E-state index contributed by atoms with van der Waals surface area (Å²) in [6.07, 6.45) is 2.50. The van der Waals surface area contributed by atoms with Crippen LogP contribution in [0.15, 0.2) is 84.4 Å². The van der Waals surface area contributed by atoms with Gasteiger partial charge >= 0.3 is 0 Å². The Bertz CT molecular complexity index is 1310. The Hall–Kier alpha value is -3.50. The van der Waals surface area contributed by atoms with Crippen LogP contribution in [0.2, 0.25) is 0 Å². The Morgan fingerprint density at radius 3 is 2.69 bits per heavy atom. The summed E-state index contributed by atoms with van der Waals surface area (Å²) in [6.45, 7) is 4.90. The quantitative estimate of drug-likeness (QED) is 0.281. The van der Waals surface area contributed by atoms with Crippen molar-refractivity contribution in [3.63, 3.8) is 0 Å². The number of para-hydroxylation sites is 1. The third kappa shape index (κ3) is 7.02. The fourth-order valence-corrected chi connectivity index (χ4v) is 4.92. The van der Waals surface area contributed by atoms with E-state index >= 15 is 0 Å². The van der Waals surface area contributed by atoms with Crippen LogP contribution >= 0.6 is 11.3 Å². The van der Waals surface area contributed by atoms with Gasteiger partial charge in [0.2, 0.25) is 0 Å². The van der Waals surface area contributed by atoms with E-state index in [2.05, 4.69) is 54.5 Å². The third-order valence-electron chi connectivity index (χ3n) is 5.94. The lowest BCUT2D eigenvalue weighted by Crippen LogP contribution is -2.46. The first-order valence-electron chi connectivity index (χ1n) is 12.0. The van der Waals surface area contributed by atoms with Gasteiger partial charge in [-0.15, -0.1) is 11.3 Å². The molecule has 0 saturated heterocycles. The van der Waals surface area contributed by atoms with Crippen molar-refractivity contribution in [2.75, 3.05) is 13.2 Å². The first-order chi connectivity index (χ1) is 17.4. The summed E-state index contributed by atoms with van der Waals surface area (Å²) < 4.78 is 5.99. The summed E-state index contributed by atoms with van der Waals surface area (Å²) in [6, 6.07) is 26.2. The average Bonchev–Trinajstić information content (AvgIpc) is 3.42. The van der Waals surface area contributed by atoms with Crippen molar-refractivity contribution in [1.29, 1.82) is 5.26 Å². The number of nitriles is 1. The molecule has 2 aromatic carbocycles. The first kappa shape index (κ1) is 25.6. The van der Waals surface area contributed by atoms with Gasteiger partial charge in [-0.05, 0) is 67.1 Å². The number of hydrogen-bond donors (Lipinski definition) is 2. The van der Waals surface area contributed by atoms with Crippen LogP contribution < -0.4 is 10.1 Å². The molecule has 2 aromatic heterocycles. The number of aromatic nitrogens is 1. The fraction of sp³-hybridized carbons (Fsp3) is 0.267. The van der Waals surface area contributed by atoms with Crippen LogP contribution in [-0.2, 0) is 12.8 Å². The van der Waals surface area contributed by atoms with Crippen molar-refractivity contribution in [3.8, 4) is 22.3 Å². The molecule has 0 spiro atoms. The van der Waals surface area contributed by atoms with Crippen LogP contribution in [0.5, 0.6) is 5.75 Å². The Labute approximate surface area is 217 Å². The van der Waals surface area contributed by atoms with Crippen molar-refractivity contribution in [2.24, 2.45) is 0 Å². The zero-order valence-corrected chi connectivity index (χ0v) is 21.5. The molecule has 4 rings (SSSR count). The lowest BCUT2D eigenvalue weighted by atomic mass is 9.93. The van der Waals surface area contributed by atoms with Crippen molar-refractivity contribution >= 4 is 11.3 Å². The number of hydrogen-bond acceptors (Lipinski definition) is 6. The van der Waals surface area contributed by atoms with Crippen molar-refractivity contribution < 1.29 is 9.84 Å². The van der Waals surface area contributed by atoms with E-state index in [0.717, 1.165) is 33.9 Å². The van der Waals surface area contributed by atoms with Crippen LogP contribution in [0, 0.1) is 11.3 Å². The standard InChI is InChI=1S/C30H31N3O2S/c1-30(2,18-23-9-5-8-22(16-23)17-27-24(19-31)10-6-14-32-27)33-20-25(34)21-35-28-12-4-3-11-26(28)29-13-7-15-36-29/h3-16,25,33-34H,17-18,20-21H2,1-2H3. The lowest BCUT2D eigenvalue weighted by molar-refractivity contribution is 0.0991. The summed E-state index contributed by atoms with van der Waals surface area (Å²) >= 11 is 1.67. The maximum Gasteiger partial charge on any atom is 0.128 e. The minimum Gasteiger partial charge on any atom is -0.490 e. The van der Waals surface area contributed by atoms with E-state index in [0.29, 0.717) is 18.5 Å². The molecule has 0 radical (unpaired) electrons. The highest BCUT2D eigenvalue weighted by atomic mass is 32.1. The number of thiophene rings is 1. The number of ether oxygens (including phenoxy) is 1. The number of aliphatic hydroxyl groups excluding tert-OH is 1. The smallest absolute Gasteiger partial charge is 0.128 e. The van der Waals surface area contributed by atoms with E-state index < -0.39 is 6.10 Å². The molecule has 2 heterocycles. The highest BCUT2D eigenvalue weighted by molar-refractivity contribution is 7.13. The largest absolute Gasteiger partial charge is 0.490 e. The molecule has 2 N–H and O–H groups in total. The van der Waals surface area contributed by atoms with Gasteiger partial charge in [-0.25, -0.2) is 0 Å². The topological polar surface area (TPSA) is 78.2 Å².